The summed E-state index contributed by atoms with van der Waals surface area (Å²) in [7, 11) is 0. The number of halogens is 1. The summed E-state index contributed by atoms with van der Waals surface area (Å²) in [5, 5.41) is 3.52. The normalized spacial score (nSPS) is 15.8. The van der Waals surface area contributed by atoms with Crippen LogP contribution in [0.15, 0.2) is 71.7 Å². The van der Waals surface area contributed by atoms with Crippen LogP contribution in [0.5, 0.6) is 0 Å². The number of rotatable bonds is 5. The number of benzene rings is 2. The molecule has 1 atom stereocenters. The molecule has 2 aromatic heterocycles. The molecule has 0 radical (unpaired) electrons. The summed E-state index contributed by atoms with van der Waals surface area (Å²) in [4.78, 5) is 37.7. The van der Waals surface area contributed by atoms with Crippen LogP contribution in [0, 0.1) is 12.8 Å². The quantitative estimate of drug-likeness (QED) is 0.443. The van der Waals surface area contributed by atoms with Crippen LogP contribution in [0.2, 0.25) is 5.02 Å². The average molecular weight is 488 g/mol. The van der Waals surface area contributed by atoms with Gasteiger partial charge in [-0.1, -0.05) is 47.5 Å². The van der Waals surface area contributed by atoms with Gasteiger partial charge in [-0.25, -0.2) is 9.97 Å². The molecule has 5 rings (SSSR count). The summed E-state index contributed by atoms with van der Waals surface area (Å²) < 4.78 is 1.68. The molecule has 1 aliphatic heterocycles. The van der Waals surface area contributed by atoms with Gasteiger partial charge < -0.3 is 10.2 Å². The molecule has 1 fully saturated rings. The molecule has 3 heterocycles. The highest BCUT2D eigenvalue weighted by molar-refractivity contribution is 6.30. The summed E-state index contributed by atoms with van der Waals surface area (Å²) in [6.07, 6.45) is 3.21. The minimum atomic E-state index is -0.265. The van der Waals surface area contributed by atoms with Gasteiger partial charge in [-0.2, -0.15) is 0 Å². The summed E-state index contributed by atoms with van der Waals surface area (Å²) >= 11 is 6.05. The molecule has 0 spiro atoms. The fourth-order valence-electron chi connectivity index (χ4n) is 4.49. The number of piperidine rings is 1. The van der Waals surface area contributed by atoms with E-state index in [0.717, 1.165) is 24.0 Å². The Bertz CT molecular complexity index is 1430. The van der Waals surface area contributed by atoms with E-state index in [4.69, 9.17) is 11.6 Å². The summed E-state index contributed by atoms with van der Waals surface area (Å²) in [6, 6.07) is 18.9. The molecule has 178 valence electrons. The van der Waals surface area contributed by atoms with Crippen molar-refractivity contribution in [2.75, 3.05) is 23.3 Å². The Morgan fingerprint density at radius 2 is 1.97 bits per heavy atom. The number of aryl methyl sites for hydroxylation is 1. The van der Waals surface area contributed by atoms with E-state index < -0.39 is 0 Å². The van der Waals surface area contributed by atoms with Crippen molar-refractivity contribution >= 4 is 40.2 Å². The molecule has 0 unspecified atom stereocenters. The number of aromatic nitrogens is 3. The predicted octanol–water partition coefficient (Wildman–Crippen LogP) is 4.66. The van der Waals surface area contributed by atoms with Gasteiger partial charge in [0.05, 0.1) is 12.5 Å². The molecular weight excluding hydrogens is 462 g/mol. The molecule has 8 heteroatoms. The second kappa shape index (κ2) is 9.88. The minimum Gasteiger partial charge on any atom is -0.351 e. The first-order valence-corrected chi connectivity index (χ1v) is 12.1. The zero-order valence-electron chi connectivity index (χ0n) is 19.4. The zero-order chi connectivity index (χ0) is 24.4. The average Bonchev–Trinajstić information content (AvgIpc) is 2.87. The highest BCUT2D eigenvalue weighted by Gasteiger charge is 2.29. The van der Waals surface area contributed by atoms with Gasteiger partial charge in [0, 0.05) is 30.0 Å². The summed E-state index contributed by atoms with van der Waals surface area (Å²) in [6.45, 7) is 3.52. The number of nitrogens with one attached hydrogen (secondary N) is 1. The van der Waals surface area contributed by atoms with E-state index >= 15 is 0 Å². The van der Waals surface area contributed by atoms with Gasteiger partial charge >= 0.3 is 0 Å². The largest absolute Gasteiger partial charge is 0.351 e. The third kappa shape index (κ3) is 5.05. The fraction of sp³-hybridized carbons (Fsp3) is 0.259. The van der Waals surface area contributed by atoms with Crippen LogP contribution in [0.25, 0.3) is 11.2 Å². The number of amides is 1. The van der Waals surface area contributed by atoms with Crippen molar-refractivity contribution in [3.8, 4) is 0 Å². The SMILES string of the molecule is Cc1ccc(Cn2c(=O)c(N3CCC[C@H](C(=O)Nc4cccc(Cl)c4)C3)nc3cccnc32)cc1. The second-order valence-electron chi connectivity index (χ2n) is 8.94. The number of carbonyl (C=O) groups is 1. The lowest BCUT2D eigenvalue weighted by Gasteiger charge is -2.32. The van der Waals surface area contributed by atoms with Crippen molar-refractivity contribution in [2.24, 2.45) is 5.92 Å². The number of hydrogen-bond acceptors (Lipinski definition) is 5. The van der Waals surface area contributed by atoms with Crippen LogP contribution in [-0.4, -0.2) is 33.5 Å². The van der Waals surface area contributed by atoms with Crippen LogP contribution >= 0.6 is 11.6 Å². The maximum atomic E-state index is 13.7. The Kier molecular flexibility index (Phi) is 6.51. The van der Waals surface area contributed by atoms with Gasteiger partial charge in [0.25, 0.3) is 5.56 Å². The second-order valence-corrected chi connectivity index (χ2v) is 9.38. The Balaban J connectivity index is 1.44. The first-order chi connectivity index (χ1) is 17.0. The van der Waals surface area contributed by atoms with E-state index in [-0.39, 0.29) is 17.4 Å². The third-order valence-electron chi connectivity index (χ3n) is 6.33. The number of carbonyl (C=O) groups excluding carboxylic acids is 1. The molecule has 0 bridgehead atoms. The standard InChI is InChI=1S/C27H26ClN5O2/c1-18-9-11-19(12-10-18)16-33-24-23(8-3-13-29-24)31-25(27(33)35)32-14-4-5-20(17-32)26(34)30-22-7-2-6-21(28)15-22/h2-3,6-13,15,20H,4-5,14,16-17H2,1H3,(H,30,34)/t20-/m0/s1. The van der Waals surface area contributed by atoms with E-state index in [1.165, 1.54) is 0 Å². The molecule has 1 aliphatic rings. The van der Waals surface area contributed by atoms with Gasteiger partial charge in [-0.05, 0) is 55.7 Å². The smallest absolute Gasteiger partial charge is 0.295 e. The maximum Gasteiger partial charge on any atom is 0.295 e. The lowest BCUT2D eigenvalue weighted by atomic mass is 9.97. The van der Waals surface area contributed by atoms with Crippen molar-refractivity contribution < 1.29 is 4.79 Å². The Morgan fingerprint density at radius 3 is 2.77 bits per heavy atom. The van der Waals surface area contributed by atoms with Crippen LogP contribution in [0.4, 0.5) is 11.5 Å². The minimum absolute atomic E-state index is 0.0839. The fourth-order valence-corrected chi connectivity index (χ4v) is 4.68. The van der Waals surface area contributed by atoms with Gasteiger partial charge in [0.2, 0.25) is 5.91 Å². The highest BCUT2D eigenvalue weighted by Crippen LogP contribution is 2.24. The summed E-state index contributed by atoms with van der Waals surface area (Å²) in [5.74, 6) is 0.0105. The third-order valence-corrected chi connectivity index (χ3v) is 6.56. The van der Waals surface area contributed by atoms with Crippen molar-refractivity contribution in [3.63, 3.8) is 0 Å². The lowest BCUT2D eigenvalue weighted by molar-refractivity contribution is -0.120. The van der Waals surface area contributed by atoms with Crippen molar-refractivity contribution in [3.05, 3.63) is 93.4 Å². The number of fused-ring (bicyclic) bond motifs is 1. The molecule has 35 heavy (non-hydrogen) atoms. The Morgan fingerprint density at radius 1 is 1.14 bits per heavy atom. The highest BCUT2D eigenvalue weighted by atomic mass is 35.5. The van der Waals surface area contributed by atoms with Gasteiger partial charge in [0.15, 0.2) is 11.5 Å². The number of nitrogens with zero attached hydrogens (tertiary/aromatic N) is 4. The molecule has 1 amide bonds. The lowest BCUT2D eigenvalue weighted by Crippen LogP contribution is -2.44. The van der Waals surface area contributed by atoms with Crippen molar-refractivity contribution in [1.82, 2.24) is 14.5 Å². The van der Waals surface area contributed by atoms with Gasteiger partial charge in [-0.3, -0.25) is 14.2 Å². The first kappa shape index (κ1) is 23.1. The van der Waals surface area contributed by atoms with Crippen molar-refractivity contribution in [1.29, 1.82) is 0 Å². The topological polar surface area (TPSA) is 80.1 Å². The zero-order valence-corrected chi connectivity index (χ0v) is 20.2. The van der Waals surface area contributed by atoms with E-state index in [1.807, 2.05) is 54.3 Å². The summed E-state index contributed by atoms with van der Waals surface area (Å²) in [5.41, 5.74) is 3.84. The monoisotopic (exact) mass is 487 g/mol. The van der Waals surface area contributed by atoms with E-state index in [0.29, 0.717) is 47.3 Å². The molecule has 1 N–H and O–H groups in total. The molecule has 4 aromatic rings. The molecule has 7 nitrogen and oxygen atoms in total. The van der Waals surface area contributed by atoms with Crippen LogP contribution < -0.4 is 15.8 Å². The Labute approximate surface area is 208 Å². The molecular formula is C27H26ClN5O2. The van der Waals surface area contributed by atoms with Gasteiger partial charge in [-0.15, -0.1) is 0 Å². The van der Waals surface area contributed by atoms with Gasteiger partial charge in [0.1, 0.15) is 5.52 Å². The van der Waals surface area contributed by atoms with E-state index in [1.54, 1.807) is 29.0 Å². The van der Waals surface area contributed by atoms with Crippen LogP contribution in [0.3, 0.4) is 0 Å². The van der Waals surface area contributed by atoms with Crippen LogP contribution in [0.1, 0.15) is 24.0 Å². The number of hydrogen-bond donors (Lipinski definition) is 1. The van der Waals surface area contributed by atoms with Crippen LogP contribution in [-0.2, 0) is 11.3 Å². The van der Waals surface area contributed by atoms with Crippen molar-refractivity contribution in [2.45, 2.75) is 26.3 Å². The first-order valence-electron chi connectivity index (χ1n) is 11.7. The maximum absolute atomic E-state index is 13.7. The molecule has 0 saturated carbocycles. The number of anilines is 2. The predicted molar refractivity (Wildman–Crippen MR) is 139 cm³/mol. The van der Waals surface area contributed by atoms with E-state index in [2.05, 4.69) is 15.3 Å². The molecule has 1 saturated heterocycles. The van der Waals surface area contributed by atoms with E-state index in [9.17, 15) is 9.59 Å². The number of pyridine rings is 1. The molecule has 0 aliphatic carbocycles. The Hall–Kier alpha value is -3.71. The molecule has 2 aromatic carbocycles.